The summed E-state index contributed by atoms with van der Waals surface area (Å²) in [5, 5.41) is -0.727. The molecule has 1 fully saturated rings. The molecule has 1 heterocycles. The molecular formula is C14H16F3N3O2S. The molecule has 2 unspecified atom stereocenters. The number of amides is 2. The molecule has 2 atom stereocenters. The molecule has 5 nitrogen and oxygen atoms in total. The molecule has 0 spiro atoms. The molecule has 1 aliphatic rings. The topological polar surface area (TPSA) is 89.4 Å². The van der Waals surface area contributed by atoms with Crippen LogP contribution >= 0.6 is 11.8 Å². The Morgan fingerprint density at radius 1 is 1.26 bits per heavy atom. The number of primary amides is 1. The number of rotatable bonds is 5. The Hall–Kier alpha value is -1.74. The SMILES string of the molecule is NC(=O)C1SCCN1C(=O)CC(N)Cc1cc(F)c(F)cc1F. The Morgan fingerprint density at radius 2 is 1.91 bits per heavy atom. The zero-order chi connectivity index (χ0) is 17.1. The van der Waals surface area contributed by atoms with Gasteiger partial charge in [-0.3, -0.25) is 9.59 Å². The maximum absolute atomic E-state index is 13.6. The van der Waals surface area contributed by atoms with Crippen LogP contribution in [0.1, 0.15) is 12.0 Å². The highest BCUT2D eigenvalue weighted by Gasteiger charge is 2.33. The van der Waals surface area contributed by atoms with Gasteiger partial charge in [0.05, 0.1) is 0 Å². The summed E-state index contributed by atoms with van der Waals surface area (Å²) in [6.07, 6.45) is -0.278. The second-order valence-electron chi connectivity index (χ2n) is 5.24. The van der Waals surface area contributed by atoms with Gasteiger partial charge in [-0.15, -0.1) is 11.8 Å². The van der Waals surface area contributed by atoms with E-state index in [9.17, 15) is 22.8 Å². The molecule has 1 aliphatic heterocycles. The lowest BCUT2D eigenvalue weighted by Gasteiger charge is -2.23. The van der Waals surface area contributed by atoms with E-state index in [1.165, 1.54) is 16.7 Å². The fourth-order valence-electron chi connectivity index (χ4n) is 2.38. The minimum atomic E-state index is -1.28. The summed E-state index contributed by atoms with van der Waals surface area (Å²) in [5.74, 6) is -3.78. The highest BCUT2D eigenvalue weighted by Crippen LogP contribution is 2.24. The van der Waals surface area contributed by atoms with Gasteiger partial charge in [-0.25, -0.2) is 13.2 Å². The molecule has 0 aromatic heterocycles. The quantitative estimate of drug-likeness (QED) is 0.769. The number of hydrogen-bond acceptors (Lipinski definition) is 4. The van der Waals surface area contributed by atoms with Gasteiger partial charge in [0.1, 0.15) is 5.82 Å². The van der Waals surface area contributed by atoms with Crippen molar-refractivity contribution < 1.29 is 22.8 Å². The van der Waals surface area contributed by atoms with Gasteiger partial charge in [-0.05, 0) is 18.1 Å². The van der Waals surface area contributed by atoms with Crippen molar-refractivity contribution in [1.82, 2.24) is 4.90 Å². The largest absolute Gasteiger partial charge is 0.367 e. The molecule has 0 saturated carbocycles. The van der Waals surface area contributed by atoms with Gasteiger partial charge >= 0.3 is 0 Å². The lowest BCUT2D eigenvalue weighted by molar-refractivity contribution is -0.135. The zero-order valence-corrected chi connectivity index (χ0v) is 12.9. The van der Waals surface area contributed by atoms with E-state index in [0.29, 0.717) is 18.4 Å². The number of carbonyl (C=O) groups is 2. The second-order valence-corrected chi connectivity index (χ2v) is 6.43. The first-order valence-electron chi connectivity index (χ1n) is 6.89. The van der Waals surface area contributed by atoms with Crippen molar-refractivity contribution in [2.24, 2.45) is 11.5 Å². The number of thioether (sulfide) groups is 1. The number of benzene rings is 1. The molecule has 0 bridgehead atoms. The van der Waals surface area contributed by atoms with Gasteiger partial charge in [0.15, 0.2) is 17.0 Å². The van der Waals surface area contributed by atoms with Gasteiger partial charge in [0.25, 0.3) is 5.91 Å². The molecule has 9 heteroatoms. The monoisotopic (exact) mass is 347 g/mol. The molecule has 126 valence electrons. The van der Waals surface area contributed by atoms with Crippen molar-refractivity contribution in [2.75, 3.05) is 12.3 Å². The minimum absolute atomic E-state index is 0.105. The zero-order valence-electron chi connectivity index (χ0n) is 12.1. The van der Waals surface area contributed by atoms with Gasteiger partial charge in [0.2, 0.25) is 5.91 Å². The van der Waals surface area contributed by atoms with Crippen molar-refractivity contribution in [3.63, 3.8) is 0 Å². The second kappa shape index (κ2) is 7.22. The molecule has 2 rings (SSSR count). The third-order valence-corrected chi connectivity index (χ3v) is 4.68. The van der Waals surface area contributed by atoms with Gasteiger partial charge in [-0.2, -0.15) is 0 Å². The average Bonchev–Trinajstić information content (AvgIpc) is 2.94. The summed E-state index contributed by atoms with van der Waals surface area (Å²) in [4.78, 5) is 24.7. The lowest BCUT2D eigenvalue weighted by Crippen LogP contribution is -2.44. The molecule has 23 heavy (non-hydrogen) atoms. The van der Waals surface area contributed by atoms with Gasteiger partial charge in [-0.1, -0.05) is 0 Å². The van der Waals surface area contributed by atoms with Crippen LogP contribution in [0.25, 0.3) is 0 Å². The third kappa shape index (κ3) is 4.17. The average molecular weight is 347 g/mol. The molecule has 0 radical (unpaired) electrons. The maximum Gasteiger partial charge on any atom is 0.250 e. The van der Waals surface area contributed by atoms with Crippen LogP contribution in [0, 0.1) is 17.5 Å². The summed E-state index contributed by atoms with van der Waals surface area (Å²) < 4.78 is 39.6. The first-order chi connectivity index (χ1) is 10.8. The van der Waals surface area contributed by atoms with E-state index in [0.717, 1.165) is 6.07 Å². The van der Waals surface area contributed by atoms with E-state index in [-0.39, 0.29) is 24.3 Å². The van der Waals surface area contributed by atoms with E-state index in [2.05, 4.69) is 0 Å². The fourth-order valence-corrected chi connectivity index (χ4v) is 3.47. The number of nitrogens with two attached hydrogens (primary N) is 2. The Bertz CT molecular complexity index is 630. The predicted molar refractivity (Wildman–Crippen MR) is 79.8 cm³/mol. The molecule has 1 aromatic rings. The van der Waals surface area contributed by atoms with E-state index < -0.39 is 34.8 Å². The van der Waals surface area contributed by atoms with Crippen LogP contribution in [0.5, 0.6) is 0 Å². The number of hydrogen-bond donors (Lipinski definition) is 2. The Balaban J connectivity index is 1.99. The highest BCUT2D eigenvalue weighted by atomic mass is 32.2. The Kier molecular flexibility index (Phi) is 5.53. The molecule has 1 aromatic carbocycles. The van der Waals surface area contributed by atoms with Gasteiger partial charge in [0, 0.05) is 30.8 Å². The number of halogens is 3. The van der Waals surface area contributed by atoms with Crippen molar-refractivity contribution in [2.45, 2.75) is 24.3 Å². The standard InChI is InChI=1S/C14H16F3N3O2S/c15-9-6-11(17)10(16)4-7(9)3-8(18)5-12(21)20-1-2-23-14(20)13(19)22/h4,6,8,14H,1-3,5,18H2,(H2,19,22). The van der Waals surface area contributed by atoms with Crippen LogP contribution in [0.4, 0.5) is 13.2 Å². The van der Waals surface area contributed by atoms with Gasteiger partial charge < -0.3 is 16.4 Å². The van der Waals surface area contributed by atoms with Crippen LogP contribution in [-0.2, 0) is 16.0 Å². The highest BCUT2D eigenvalue weighted by molar-refractivity contribution is 8.00. The normalized spacial score (nSPS) is 19.0. The fraction of sp³-hybridized carbons (Fsp3) is 0.429. The molecule has 0 aliphatic carbocycles. The smallest absolute Gasteiger partial charge is 0.250 e. The molecule has 4 N–H and O–H groups in total. The molecule has 2 amide bonds. The van der Waals surface area contributed by atoms with E-state index in [4.69, 9.17) is 11.5 Å². The Labute approximate surface area is 135 Å². The van der Waals surface area contributed by atoms with E-state index >= 15 is 0 Å². The summed E-state index contributed by atoms with van der Waals surface area (Å²) >= 11 is 1.26. The van der Waals surface area contributed by atoms with Crippen molar-refractivity contribution >= 4 is 23.6 Å². The van der Waals surface area contributed by atoms with Crippen LogP contribution < -0.4 is 11.5 Å². The summed E-state index contributed by atoms with van der Waals surface area (Å²) in [5.41, 5.74) is 10.9. The first-order valence-corrected chi connectivity index (χ1v) is 7.94. The number of nitrogens with zero attached hydrogens (tertiary/aromatic N) is 1. The summed E-state index contributed by atoms with van der Waals surface area (Å²) in [7, 11) is 0. The minimum Gasteiger partial charge on any atom is -0.367 e. The van der Waals surface area contributed by atoms with E-state index in [1.807, 2.05) is 0 Å². The van der Waals surface area contributed by atoms with Crippen LogP contribution in [-0.4, -0.2) is 40.4 Å². The summed E-state index contributed by atoms with van der Waals surface area (Å²) in [6.45, 7) is 0.378. The van der Waals surface area contributed by atoms with Crippen molar-refractivity contribution in [1.29, 1.82) is 0 Å². The maximum atomic E-state index is 13.6. The van der Waals surface area contributed by atoms with Crippen LogP contribution in [0.3, 0.4) is 0 Å². The lowest BCUT2D eigenvalue weighted by atomic mass is 10.0. The Morgan fingerprint density at radius 3 is 2.57 bits per heavy atom. The number of carbonyl (C=O) groups excluding carboxylic acids is 2. The predicted octanol–water partition coefficient (Wildman–Crippen LogP) is 0.751. The third-order valence-electron chi connectivity index (χ3n) is 3.46. The summed E-state index contributed by atoms with van der Waals surface area (Å²) in [6, 6.07) is 0.382. The van der Waals surface area contributed by atoms with E-state index in [1.54, 1.807) is 0 Å². The van der Waals surface area contributed by atoms with Crippen molar-refractivity contribution in [3.05, 3.63) is 35.1 Å². The first kappa shape index (κ1) is 17.6. The van der Waals surface area contributed by atoms with Crippen LogP contribution in [0.2, 0.25) is 0 Å². The van der Waals surface area contributed by atoms with Crippen LogP contribution in [0.15, 0.2) is 12.1 Å². The molecule has 1 saturated heterocycles. The molecular weight excluding hydrogens is 331 g/mol. The van der Waals surface area contributed by atoms with Crippen molar-refractivity contribution in [3.8, 4) is 0 Å².